The highest BCUT2D eigenvalue weighted by Gasteiger charge is 2.35. The lowest BCUT2D eigenvalue weighted by molar-refractivity contribution is -0.141. The fourth-order valence-electron chi connectivity index (χ4n) is 4.11. The van der Waals surface area contributed by atoms with Gasteiger partial charge in [0.05, 0.1) is 11.1 Å². The van der Waals surface area contributed by atoms with Crippen LogP contribution < -0.4 is 5.32 Å². The molecule has 1 aliphatic rings. The van der Waals surface area contributed by atoms with E-state index >= 15 is 0 Å². The van der Waals surface area contributed by atoms with Crippen LogP contribution in [0.4, 0.5) is 0 Å². The smallest absolute Gasteiger partial charge is 0.261 e. The van der Waals surface area contributed by atoms with Crippen LogP contribution in [0.25, 0.3) is 0 Å². The summed E-state index contributed by atoms with van der Waals surface area (Å²) in [5, 5.41) is 2.99. The Hall–Kier alpha value is -3.48. The molecule has 34 heavy (non-hydrogen) atoms. The van der Waals surface area contributed by atoms with Crippen LogP contribution in [-0.4, -0.2) is 52.1 Å². The summed E-state index contributed by atoms with van der Waals surface area (Å²) in [5.41, 5.74) is 1.74. The Labute approximate surface area is 201 Å². The zero-order chi connectivity index (χ0) is 24.7. The fourth-order valence-corrected chi connectivity index (χ4v) is 4.11. The molecule has 2 aromatic rings. The van der Waals surface area contributed by atoms with Gasteiger partial charge in [-0.3, -0.25) is 24.1 Å². The normalized spacial score (nSPS) is 14.5. The van der Waals surface area contributed by atoms with E-state index in [4.69, 9.17) is 0 Å². The number of rotatable bonds is 11. The summed E-state index contributed by atoms with van der Waals surface area (Å²) < 4.78 is 0. The van der Waals surface area contributed by atoms with Crippen LogP contribution >= 0.6 is 0 Å². The van der Waals surface area contributed by atoms with Crippen molar-refractivity contribution in [2.75, 3.05) is 6.54 Å². The second-order valence-electron chi connectivity index (χ2n) is 8.66. The van der Waals surface area contributed by atoms with Crippen molar-refractivity contribution in [3.05, 3.63) is 71.3 Å². The molecule has 1 N–H and O–H groups in total. The number of benzene rings is 2. The Balaban J connectivity index is 1.69. The van der Waals surface area contributed by atoms with Gasteiger partial charge in [0.15, 0.2) is 0 Å². The molecule has 1 aliphatic heterocycles. The van der Waals surface area contributed by atoms with Crippen molar-refractivity contribution in [3.8, 4) is 0 Å². The topological polar surface area (TPSA) is 86.8 Å². The number of hydrogen-bond acceptors (Lipinski definition) is 4. The van der Waals surface area contributed by atoms with E-state index in [0.29, 0.717) is 30.5 Å². The van der Waals surface area contributed by atoms with E-state index in [-0.39, 0.29) is 42.6 Å². The Kier molecular flexibility index (Phi) is 8.57. The van der Waals surface area contributed by atoms with Crippen molar-refractivity contribution in [1.29, 1.82) is 0 Å². The third kappa shape index (κ3) is 5.71. The van der Waals surface area contributed by atoms with Gasteiger partial charge in [-0.05, 0) is 43.9 Å². The molecule has 1 heterocycles. The third-order valence-electron chi connectivity index (χ3n) is 6.23. The summed E-state index contributed by atoms with van der Waals surface area (Å²) in [6, 6.07) is 15.7. The number of nitrogens with zero attached hydrogens (tertiary/aromatic N) is 2. The molecule has 0 radical (unpaired) electrons. The van der Waals surface area contributed by atoms with Crippen LogP contribution in [0.15, 0.2) is 54.6 Å². The number of fused-ring (bicyclic) bond motifs is 1. The fraction of sp³-hybridized carbons (Fsp3) is 0.407. The molecule has 0 bridgehead atoms. The average molecular weight is 464 g/mol. The number of nitrogens with one attached hydrogen (secondary N) is 1. The van der Waals surface area contributed by atoms with E-state index in [9.17, 15) is 19.2 Å². The van der Waals surface area contributed by atoms with Crippen LogP contribution in [-0.2, 0) is 16.1 Å². The molecule has 4 amide bonds. The van der Waals surface area contributed by atoms with Gasteiger partial charge in [-0.2, -0.15) is 0 Å². The van der Waals surface area contributed by atoms with Crippen molar-refractivity contribution in [3.63, 3.8) is 0 Å². The zero-order valence-corrected chi connectivity index (χ0v) is 20.1. The lowest BCUT2D eigenvalue weighted by Crippen LogP contribution is -2.50. The molecular formula is C27H33N3O4. The molecule has 0 aliphatic carbocycles. The molecule has 0 saturated carbocycles. The van der Waals surface area contributed by atoms with Crippen LogP contribution in [0.2, 0.25) is 0 Å². The molecule has 0 fully saturated rings. The number of amides is 4. The van der Waals surface area contributed by atoms with Crippen molar-refractivity contribution in [1.82, 2.24) is 15.1 Å². The quantitative estimate of drug-likeness (QED) is 0.514. The second kappa shape index (κ2) is 11.6. The predicted molar refractivity (Wildman–Crippen MR) is 130 cm³/mol. The highest BCUT2D eigenvalue weighted by molar-refractivity contribution is 6.21. The zero-order valence-electron chi connectivity index (χ0n) is 20.1. The van der Waals surface area contributed by atoms with Gasteiger partial charge in [-0.15, -0.1) is 0 Å². The van der Waals surface area contributed by atoms with Gasteiger partial charge < -0.3 is 10.2 Å². The van der Waals surface area contributed by atoms with Crippen molar-refractivity contribution in [2.45, 2.75) is 65.1 Å². The second-order valence-corrected chi connectivity index (χ2v) is 8.66. The van der Waals surface area contributed by atoms with Gasteiger partial charge in [0.2, 0.25) is 11.8 Å². The number of hydrogen-bond donors (Lipinski definition) is 1. The SMILES string of the molecule is CC[C@@H](C)NC(=O)[C@H](CC)N(Cc1ccccc1)C(=O)CCCN1C(=O)c2ccccc2C1=O. The summed E-state index contributed by atoms with van der Waals surface area (Å²) in [4.78, 5) is 54.3. The summed E-state index contributed by atoms with van der Waals surface area (Å²) in [7, 11) is 0. The molecule has 0 unspecified atom stereocenters. The van der Waals surface area contributed by atoms with Gasteiger partial charge in [0, 0.05) is 25.6 Å². The van der Waals surface area contributed by atoms with Gasteiger partial charge in [-0.25, -0.2) is 0 Å². The molecule has 7 heteroatoms. The Bertz CT molecular complexity index is 1000. The molecule has 3 rings (SSSR count). The monoisotopic (exact) mass is 463 g/mol. The molecule has 0 spiro atoms. The minimum atomic E-state index is -0.596. The lowest BCUT2D eigenvalue weighted by Gasteiger charge is -2.31. The van der Waals surface area contributed by atoms with E-state index in [0.717, 1.165) is 12.0 Å². The first kappa shape index (κ1) is 25.1. The molecule has 180 valence electrons. The maximum absolute atomic E-state index is 13.3. The van der Waals surface area contributed by atoms with Gasteiger partial charge in [0.25, 0.3) is 11.8 Å². The molecule has 2 atom stereocenters. The molecule has 2 aromatic carbocycles. The van der Waals surface area contributed by atoms with Crippen LogP contribution in [0.1, 0.15) is 72.7 Å². The highest BCUT2D eigenvalue weighted by Crippen LogP contribution is 2.23. The summed E-state index contributed by atoms with van der Waals surface area (Å²) in [6.45, 7) is 6.31. The minimum absolute atomic E-state index is 0.0176. The Morgan fingerprint density at radius 1 is 0.912 bits per heavy atom. The van der Waals surface area contributed by atoms with Crippen molar-refractivity contribution in [2.24, 2.45) is 0 Å². The van der Waals surface area contributed by atoms with Crippen LogP contribution in [0.5, 0.6) is 0 Å². The largest absolute Gasteiger partial charge is 0.352 e. The maximum Gasteiger partial charge on any atom is 0.261 e. The molecular weight excluding hydrogens is 430 g/mol. The minimum Gasteiger partial charge on any atom is -0.352 e. The predicted octanol–water partition coefficient (Wildman–Crippen LogP) is 3.78. The Morgan fingerprint density at radius 2 is 1.50 bits per heavy atom. The highest BCUT2D eigenvalue weighted by atomic mass is 16.2. The third-order valence-corrected chi connectivity index (χ3v) is 6.23. The molecule has 0 aromatic heterocycles. The van der Waals surface area contributed by atoms with E-state index in [1.165, 1.54) is 4.90 Å². The molecule has 7 nitrogen and oxygen atoms in total. The van der Waals surface area contributed by atoms with Gasteiger partial charge in [-0.1, -0.05) is 56.3 Å². The van der Waals surface area contributed by atoms with E-state index in [1.54, 1.807) is 29.2 Å². The summed E-state index contributed by atoms with van der Waals surface area (Å²) >= 11 is 0. The molecule has 0 saturated heterocycles. The summed E-state index contributed by atoms with van der Waals surface area (Å²) in [5.74, 6) is -0.991. The van der Waals surface area contributed by atoms with Crippen LogP contribution in [0.3, 0.4) is 0 Å². The number of carbonyl (C=O) groups excluding carboxylic acids is 4. The van der Waals surface area contributed by atoms with Crippen molar-refractivity contribution >= 4 is 23.6 Å². The van der Waals surface area contributed by atoms with Crippen LogP contribution in [0, 0.1) is 0 Å². The standard InChI is InChI=1S/C27H33N3O4/c1-4-19(3)28-25(32)23(5-2)30(18-20-12-7-6-8-13-20)24(31)16-11-17-29-26(33)21-14-9-10-15-22(21)27(29)34/h6-10,12-15,19,23H,4-5,11,16-18H2,1-3H3,(H,28,32)/t19-,23+/m1/s1. The maximum atomic E-state index is 13.3. The number of carbonyl (C=O) groups is 4. The summed E-state index contributed by atoms with van der Waals surface area (Å²) in [6.07, 6.45) is 1.75. The first-order valence-electron chi connectivity index (χ1n) is 12.0. The lowest BCUT2D eigenvalue weighted by atomic mass is 10.1. The van der Waals surface area contributed by atoms with Gasteiger partial charge in [0.1, 0.15) is 6.04 Å². The number of imide groups is 1. The van der Waals surface area contributed by atoms with Crippen molar-refractivity contribution < 1.29 is 19.2 Å². The van der Waals surface area contributed by atoms with E-state index < -0.39 is 6.04 Å². The van der Waals surface area contributed by atoms with E-state index in [1.807, 2.05) is 51.1 Å². The Morgan fingerprint density at radius 3 is 2.06 bits per heavy atom. The average Bonchev–Trinajstić information content (AvgIpc) is 3.09. The van der Waals surface area contributed by atoms with E-state index in [2.05, 4.69) is 5.32 Å². The first-order valence-corrected chi connectivity index (χ1v) is 12.0. The van der Waals surface area contributed by atoms with Gasteiger partial charge >= 0.3 is 0 Å². The first-order chi connectivity index (χ1) is 16.4.